The van der Waals surface area contributed by atoms with Gasteiger partial charge < -0.3 is 10.6 Å². The van der Waals surface area contributed by atoms with Crippen LogP contribution < -0.4 is 10.6 Å². The Kier molecular flexibility index (Phi) is 6.24. The molecule has 3 heteroatoms. The van der Waals surface area contributed by atoms with Crippen LogP contribution in [0.15, 0.2) is 24.3 Å². The van der Waals surface area contributed by atoms with Gasteiger partial charge in [-0.1, -0.05) is 44.0 Å². The zero-order chi connectivity index (χ0) is 15.1. The van der Waals surface area contributed by atoms with Gasteiger partial charge in [-0.05, 0) is 43.7 Å². The first-order valence-electron chi connectivity index (χ1n) is 8.31. The number of nitrogens with one attached hydrogen (secondary N) is 2. The highest BCUT2D eigenvalue weighted by atomic mass is 16.2. The van der Waals surface area contributed by atoms with Crippen molar-refractivity contribution < 1.29 is 4.79 Å². The molecule has 1 aromatic carbocycles. The maximum absolute atomic E-state index is 12.1. The molecule has 1 aliphatic carbocycles. The van der Waals surface area contributed by atoms with E-state index in [0.717, 1.165) is 32.2 Å². The number of fused-ring (bicyclic) bond motifs is 1. The molecular weight excluding hydrogens is 260 g/mol. The standard InChI is InChI=1S/C18H28N2O/c1-3-4-7-12-19-18(21)14(2)20-17-11-10-15-8-5-6-9-16(15)13-17/h5-6,8-9,14,17,20H,3-4,7,10-13H2,1-2H3,(H,19,21). The molecule has 0 saturated carbocycles. The van der Waals surface area contributed by atoms with Crippen molar-refractivity contribution in [2.45, 2.75) is 64.5 Å². The Morgan fingerprint density at radius 2 is 2.05 bits per heavy atom. The van der Waals surface area contributed by atoms with E-state index in [0.29, 0.717) is 6.04 Å². The summed E-state index contributed by atoms with van der Waals surface area (Å²) >= 11 is 0. The van der Waals surface area contributed by atoms with Gasteiger partial charge in [-0.3, -0.25) is 4.79 Å². The van der Waals surface area contributed by atoms with Gasteiger partial charge in [-0.15, -0.1) is 0 Å². The smallest absolute Gasteiger partial charge is 0.236 e. The third-order valence-electron chi connectivity index (χ3n) is 4.31. The highest BCUT2D eigenvalue weighted by Crippen LogP contribution is 2.21. The maximum atomic E-state index is 12.1. The van der Waals surface area contributed by atoms with Gasteiger partial charge in [0.25, 0.3) is 0 Å². The lowest BCUT2D eigenvalue weighted by Gasteiger charge is -2.28. The first kappa shape index (κ1) is 16.0. The Morgan fingerprint density at radius 3 is 2.81 bits per heavy atom. The zero-order valence-corrected chi connectivity index (χ0v) is 13.3. The van der Waals surface area contributed by atoms with Gasteiger partial charge in [-0.25, -0.2) is 0 Å². The first-order valence-corrected chi connectivity index (χ1v) is 8.31. The molecule has 2 unspecified atom stereocenters. The fraction of sp³-hybridized carbons (Fsp3) is 0.611. The van der Waals surface area contributed by atoms with E-state index >= 15 is 0 Å². The van der Waals surface area contributed by atoms with Crippen LogP contribution in [-0.4, -0.2) is 24.5 Å². The summed E-state index contributed by atoms with van der Waals surface area (Å²) in [4.78, 5) is 12.1. The molecule has 2 rings (SSSR count). The second-order valence-corrected chi connectivity index (χ2v) is 6.09. The van der Waals surface area contributed by atoms with E-state index in [2.05, 4.69) is 41.8 Å². The molecule has 1 aliphatic rings. The number of carbonyl (C=O) groups excluding carboxylic acids is 1. The topological polar surface area (TPSA) is 41.1 Å². The van der Waals surface area contributed by atoms with Crippen LogP contribution in [0.25, 0.3) is 0 Å². The molecule has 0 saturated heterocycles. The number of amides is 1. The molecule has 0 aromatic heterocycles. The average Bonchev–Trinajstić information content (AvgIpc) is 2.51. The van der Waals surface area contributed by atoms with Gasteiger partial charge in [0, 0.05) is 12.6 Å². The Balaban J connectivity index is 1.76. The van der Waals surface area contributed by atoms with Crippen molar-refractivity contribution in [3.05, 3.63) is 35.4 Å². The molecule has 0 fully saturated rings. The van der Waals surface area contributed by atoms with Crippen LogP contribution in [0.1, 0.15) is 50.7 Å². The van der Waals surface area contributed by atoms with E-state index in [1.807, 2.05) is 6.92 Å². The molecule has 0 bridgehead atoms. The van der Waals surface area contributed by atoms with Gasteiger partial charge in [-0.2, -0.15) is 0 Å². The van der Waals surface area contributed by atoms with Gasteiger partial charge in [0.05, 0.1) is 6.04 Å². The third-order valence-corrected chi connectivity index (χ3v) is 4.31. The number of benzene rings is 1. The molecule has 2 N–H and O–H groups in total. The minimum absolute atomic E-state index is 0.109. The largest absolute Gasteiger partial charge is 0.355 e. The van der Waals surface area contributed by atoms with Gasteiger partial charge >= 0.3 is 0 Å². The minimum atomic E-state index is -0.109. The molecule has 0 heterocycles. The molecule has 21 heavy (non-hydrogen) atoms. The Hall–Kier alpha value is -1.35. The molecule has 0 spiro atoms. The number of rotatable bonds is 7. The number of hydrogen-bond acceptors (Lipinski definition) is 2. The van der Waals surface area contributed by atoms with Crippen LogP contribution in [0.5, 0.6) is 0 Å². The highest BCUT2D eigenvalue weighted by Gasteiger charge is 2.22. The van der Waals surface area contributed by atoms with Gasteiger partial charge in [0.2, 0.25) is 5.91 Å². The van der Waals surface area contributed by atoms with Crippen molar-refractivity contribution in [3.63, 3.8) is 0 Å². The minimum Gasteiger partial charge on any atom is -0.355 e. The predicted octanol–water partition coefficient (Wildman–Crippen LogP) is 2.83. The third kappa shape index (κ3) is 4.85. The molecule has 0 aliphatic heterocycles. The molecule has 2 atom stereocenters. The molecule has 0 radical (unpaired) electrons. The second-order valence-electron chi connectivity index (χ2n) is 6.09. The lowest BCUT2D eigenvalue weighted by atomic mass is 9.88. The molecule has 1 amide bonds. The van der Waals surface area contributed by atoms with Crippen molar-refractivity contribution >= 4 is 5.91 Å². The van der Waals surface area contributed by atoms with Crippen LogP contribution in [-0.2, 0) is 17.6 Å². The van der Waals surface area contributed by atoms with E-state index in [1.165, 1.54) is 24.0 Å². The van der Waals surface area contributed by atoms with Crippen molar-refractivity contribution in [1.29, 1.82) is 0 Å². The SMILES string of the molecule is CCCCCNC(=O)C(C)NC1CCc2ccccc2C1. The number of carbonyl (C=O) groups is 1. The Morgan fingerprint density at radius 1 is 1.29 bits per heavy atom. The summed E-state index contributed by atoms with van der Waals surface area (Å²) in [6, 6.07) is 8.94. The number of aryl methyl sites for hydroxylation is 1. The normalized spacial score (nSPS) is 18.9. The quantitative estimate of drug-likeness (QED) is 0.758. The summed E-state index contributed by atoms with van der Waals surface area (Å²) in [6.07, 6.45) is 6.70. The molecular formula is C18H28N2O. The average molecular weight is 288 g/mol. The summed E-state index contributed by atoms with van der Waals surface area (Å²) < 4.78 is 0. The molecule has 1 aromatic rings. The van der Waals surface area contributed by atoms with Crippen molar-refractivity contribution in [2.75, 3.05) is 6.54 Å². The van der Waals surface area contributed by atoms with Crippen LogP contribution in [0, 0.1) is 0 Å². The van der Waals surface area contributed by atoms with Crippen molar-refractivity contribution in [1.82, 2.24) is 10.6 Å². The fourth-order valence-electron chi connectivity index (χ4n) is 3.01. The monoisotopic (exact) mass is 288 g/mol. The predicted molar refractivity (Wildman–Crippen MR) is 87.4 cm³/mol. The molecule has 3 nitrogen and oxygen atoms in total. The number of hydrogen-bond donors (Lipinski definition) is 2. The lowest BCUT2D eigenvalue weighted by molar-refractivity contribution is -0.123. The fourth-order valence-corrected chi connectivity index (χ4v) is 3.01. The van der Waals surface area contributed by atoms with E-state index in [-0.39, 0.29) is 11.9 Å². The summed E-state index contributed by atoms with van der Waals surface area (Å²) in [5.74, 6) is 0.130. The van der Waals surface area contributed by atoms with E-state index < -0.39 is 0 Å². The van der Waals surface area contributed by atoms with Crippen LogP contribution in [0.4, 0.5) is 0 Å². The van der Waals surface area contributed by atoms with Gasteiger partial charge in [0.1, 0.15) is 0 Å². The summed E-state index contributed by atoms with van der Waals surface area (Å²) in [5.41, 5.74) is 2.89. The first-order chi connectivity index (χ1) is 10.2. The zero-order valence-electron chi connectivity index (χ0n) is 13.3. The number of unbranched alkanes of at least 4 members (excludes halogenated alkanes) is 2. The summed E-state index contributed by atoms with van der Waals surface area (Å²) in [6.45, 7) is 4.94. The van der Waals surface area contributed by atoms with Crippen LogP contribution >= 0.6 is 0 Å². The Labute approximate surface area is 128 Å². The second kappa shape index (κ2) is 8.18. The maximum Gasteiger partial charge on any atom is 0.236 e. The Bertz CT molecular complexity index is 458. The van der Waals surface area contributed by atoms with Crippen molar-refractivity contribution in [2.24, 2.45) is 0 Å². The summed E-state index contributed by atoms with van der Waals surface area (Å²) in [5, 5.41) is 6.51. The van der Waals surface area contributed by atoms with Crippen LogP contribution in [0.2, 0.25) is 0 Å². The van der Waals surface area contributed by atoms with Crippen molar-refractivity contribution in [3.8, 4) is 0 Å². The summed E-state index contributed by atoms with van der Waals surface area (Å²) in [7, 11) is 0. The van der Waals surface area contributed by atoms with Gasteiger partial charge in [0.15, 0.2) is 0 Å². The van der Waals surface area contributed by atoms with E-state index in [1.54, 1.807) is 0 Å². The highest BCUT2D eigenvalue weighted by molar-refractivity contribution is 5.81. The molecule has 116 valence electrons. The lowest BCUT2D eigenvalue weighted by Crippen LogP contribution is -2.48. The van der Waals surface area contributed by atoms with E-state index in [9.17, 15) is 4.79 Å². The van der Waals surface area contributed by atoms with Crippen LogP contribution in [0.3, 0.4) is 0 Å². The van der Waals surface area contributed by atoms with E-state index in [4.69, 9.17) is 0 Å².